The lowest BCUT2D eigenvalue weighted by Crippen LogP contribution is -2.34. The average Bonchev–Trinajstić information content (AvgIpc) is 3.23. The molecule has 0 radical (unpaired) electrons. The van der Waals surface area contributed by atoms with Gasteiger partial charge in [-0.1, -0.05) is 0 Å². The first kappa shape index (κ1) is 12.9. The van der Waals surface area contributed by atoms with Crippen molar-refractivity contribution in [3.63, 3.8) is 0 Å². The van der Waals surface area contributed by atoms with Crippen LogP contribution in [0.4, 0.5) is 0 Å². The number of hydrogen-bond donors (Lipinski definition) is 1. The second-order valence-electron chi connectivity index (χ2n) is 5.49. The molecule has 0 atom stereocenters. The molecule has 0 aromatic carbocycles. The molecule has 1 fully saturated rings. The summed E-state index contributed by atoms with van der Waals surface area (Å²) in [5, 5.41) is 10.7. The van der Waals surface area contributed by atoms with Crippen molar-refractivity contribution in [1.29, 1.82) is 0 Å². The van der Waals surface area contributed by atoms with E-state index in [1.54, 1.807) is 29.7 Å². The summed E-state index contributed by atoms with van der Waals surface area (Å²) in [5.74, 6) is 0.417. The van der Waals surface area contributed by atoms with Crippen LogP contribution in [0.1, 0.15) is 18.7 Å². The van der Waals surface area contributed by atoms with Crippen molar-refractivity contribution in [1.82, 2.24) is 29.5 Å². The molecule has 3 heterocycles. The normalized spacial score (nSPS) is 14.6. The minimum atomic E-state index is -0.341. The van der Waals surface area contributed by atoms with E-state index in [0.717, 1.165) is 12.8 Å². The molecular weight excluding hydrogens is 284 g/mol. The standard InChI is InChI=1S/C14H14N6O2/c1-8-17-18-13-14(22)19(7-11(21)16-9-4-5-9)10-3-2-6-15-12(10)20(8)13/h2-3,6,9H,4-5,7H2,1H3,(H,16,21). The molecule has 22 heavy (non-hydrogen) atoms. The van der Waals surface area contributed by atoms with Crippen molar-refractivity contribution in [3.8, 4) is 0 Å². The maximum atomic E-state index is 12.6. The molecule has 1 N–H and O–H groups in total. The summed E-state index contributed by atoms with van der Waals surface area (Å²) in [6.07, 6.45) is 3.65. The van der Waals surface area contributed by atoms with Gasteiger partial charge < -0.3 is 5.32 Å². The lowest BCUT2D eigenvalue weighted by atomic mass is 10.3. The van der Waals surface area contributed by atoms with Gasteiger partial charge in [0.05, 0.1) is 5.52 Å². The zero-order valence-electron chi connectivity index (χ0n) is 12.0. The Bertz CT molecular complexity index is 953. The van der Waals surface area contributed by atoms with Crippen molar-refractivity contribution in [2.75, 3.05) is 0 Å². The maximum Gasteiger partial charge on any atom is 0.297 e. The first-order valence-electron chi connectivity index (χ1n) is 7.14. The summed E-state index contributed by atoms with van der Waals surface area (Å²) < 4.78 is 3.02. The van der Waals surface area contributed by atoms with E-state index in [0.29, 0.717) is 17.0 Å². The molecule has 1 aliphatic carbocycles. The fraction of sp³-hybridized carbons (Fsp3) is 0.357. The molecule has 4 rings (SSSR count). The average molecular weight is 298 g/mol. The van der Waals surface area contributed by atoms with Gasteiger partial charge in [0.25, 0.3) is 5.56 Å². The van der Waals surface area contributed by atoms with Crippen molar-refractivity contribution < 1.29 is 4.79 Å². The fourth-order valence-corrected chi connectivity index (χ4v) is 2.56. The Kier molecular flexibility index (Phi) is 2.72. The Morgan fingerprint density at radius 1 is 1.36 bits per heavy atom. The maximum absolute atomic E-state index is 12.6. The highest BCUT2D eigenvalue weighted by Gasteiger charge is 2.24. The Hall–Kier alpha value is -2.77. The van der Waals surface area contributed by atoms with Gasteiger partial charge in [-0.25, -0.2) is 4.98 Å². The zero-order chi connectivity index (χ0) is 15.3. The van der Waals surface area contributed by atoms with E-state index < -0.39 is 0 Å². The van der Waals surface area contributed by atoms with Gasteiger partial charge in [-0.3, -0.25) is 18.6 Å². The molecule has 112 valence electrons. The topological polar surface area (TPSA) is 94.2 Å². The summed E-state index contributed by atoms with van der Waals surface area (Å²) in [5.41, 5.74) is 1.00. The van der Waals surface area contributed by atoms with Gasteiger partial charge in [0.2, 0.25) is 11.6 Å². The molecule has 0 spiro atoms. The highest BCUT2D eigenvalue weighted by atomic mass is 16.2. The molecule has 0 aliphatic heterocycles. The summed E-state index contributed by atoms with van der Waals surface area (Å²) in [6, 6.07) is 3.77. The minimum Gasteiger partial charge on any atom is -0.352 e. The third-order valence-electron chi connectivity index (χ3n) is 3.77. The number of nitrogens with zero attached hydrogens (tertiary/aromatic N) is 5. The lowest BCUT2D eigenvalue weighted by Gasteiger charge is -2.11. The molecule has 8 heteroatoms. The van der Waals surface area contributed by atoms with Crippen LogP contribution in [0.5, 0.6) is 0 Å². The molecule has 1 amide bonds. The number of nitrogens with one attached hydrogen (secondary N) is 1. The minimum absolute atomic E-state index is 0.0417. The number of fused-ring (bicyclic) bond motifs is 3. The van der Waals surface area contributed by atoms with Crippen LogP contribution in [0.15, 0.2) is 23.1 Å². The number of amides is 1. The Balaban J connectivity index is 1.93. The highest BCUT2D eigenvalue weighted by Crippen LogP contribution is 2.18. The summed E-state index contributed by atoms with van der Waals surface area (Å²) in [4.78, 5) is 29.0. The molecule has 0 saturated heterocycles. The van der Waals surface area contributed by atoms with Crippen LogP contribution >= 0.6 is 0 Å². The third-order valence-corrected chi connectivity index (χ3v) is 3.77. The first-order valence-corrected chi connectivity index (χ1v) is 7.14. The van der Waals surface area contributed by atoms with E-state index in [2.05, 4.69) is 20.5 Å². The van der Waals surface area contributed by atoms with Crippen LogP contribution in [0, 0.1) is 6.92 Å². The third kappa shape index (κ3) is 1.95. The van der Waals surface area contributed by atoms with Gasteiger partial charge in [0.1, 0.15) is 12.4 Å². The van der Waals surface area contributed by atoms with Gasteiger partial charge in [-0.2, -0.15) is 0 Å². The predicted octanol–water partition coefficient (Wildman–Crippen LogP) is 0.0262. The van der Waals surface area contributed by atoms with Crippen LogP contribution in [-0.4, -0.2) is 36.1 Å². The summed E-state index contributed by atoms with van der Waals surface area (Å²) in [6.45, 7) is 1.72. The molecule has 0 bridgehead atoms. The largest absolute Gasteiger partial charge is 0.352 e. The lowest BCUT2D eigenvalue weighted by molar-refractivity contribution is -0.121. The number of aromatic nitrogens is 5. The van der Waals surface area contributed by atoms with Gasteiger partial charge in [-0.05, 0) is 31.9 Å². The Morgan fingerprint density at radius 2 is 2.18 bits per heavy atom. The second kappa shape index (κ2) is 4.62. The number of aryl methyl sites for hydroxylation is 1. The molecular formula is C14H14N6O2. The Labute approximate surface area is 124 Å². The molecule has 3 aromatic heterocycles. The number of hydrogen-bond acceptors (Lipinski definition) is 5. The predicted molar refractivity (Wildman–Crippen MR) is 78.4 cm³/mol. The SMILES string of the molecule is Cc1nnc2c(=O)n(CC(=O)NC3CC3)c3cccnc3n12. The number of pyridine rings is 1. The Morgan fingerprint density at radius 3 is 2.95 bits per heavy atom. The van der Waals surface area contributed by atoms with E-state index in [1.807, 2.05) is 0 Å². The van der Waals surface area contributed by atoms with E-state index in [4.69, 9.17) is 0 Å². The van der Waals surface area contributed by atoms with Crippen LogP contribution in [0.25, 0.3) is 16.8 Å². The van der Waals surface area contributed by atoms with Crippen LogP contribution in [0.3, 0.4) is 0 Å². The van der Waals surface area contributed by atoms with Gasteiger partial charge in [-0.15, -0.1) is 10.2 Å². The van der Waals surface area contributed by atoms with Gasteiger partial charge in [0.15, 0.2) is 5.65 Å². The summed E-state index contributed by atoms with van der Waals surface area (Å²) >= 11 is 0. The van der Waals surface area contributed by atoms with Crippen LogP contribution in [0.2, 0.25) is 0 Å². The second-order valence-corrected chi connectivity index (χ2v) is 5.49. The monoisotopic (exact) mass is 298 g/mol. The number of carbonyl (C=O) groups excluding carboxylic acids is 1. The van der Waals surface area contributed by atoms with Crippen molar-refractivity contribution in [2.45, 2.75) is 32.4 Å². The summed E-state index contributed by atoms with van der Waals surface area (Å²) in [7, 11) is 0. The van der Waals surface area contributed by atoms with E-state index in [9.17, 15) is 9.59 Å². The van der Waals surface area contributed by atoms with Crippen molar-refractivity contribution >= 4 is 22.7 Å². The molecule has 1 aliphatic rings. The molecule has 1 saturated carbocycles. The smallest absolute Gasteiger partial charge is 0.297 e. The van der Waals surface area contributed by atoms with Crippen molar-refractivity contribution in [2.24, 2.45) is 0 Å². The quantitative estimate of drug-likeness (QED) is 0.736. The van der Waals surface area contributed by atoms with E-state index >= 15 is 0 Å². The van der Waals surface area contributed by atoms with Gasteiger partial charge in [0, 0.05) is 12.2 Å². The zero-order valence-corrected chi connectivity index (χ0v) is 12.0. The number of rotatable bonds is 3. The highest BCUT2D eigenvalue weighted by molar-refractivity contribution is 5.80. The first-order chi connectivity index (χ1) is 10.6. The van der Waals surface area contributed by atoms with Crippen LogP contribution < -0.4 is 10.9 Å². The van der Waals surface area contributed by atoms with Gasteiger partial charge >= 0.3 is 0 Å². The van der Waals surface area contributed by atoms with E-state index in [-0.39, 0.29) is 29.7 Å². The molecule has 3 aromatic rings. The van der Waals surface area contributed by atoms with Crippen molar-refractivity contribution in [3.05, 3.63) is 34.5 Å². The number of carbonyl (C=O) groups is 1. The fourth-order valence-electron chi connectivity index (χ4n) is 2.56. The molecule has 0 unspecified atom stereocenters. The van der Waals surface area contributed by atoms with E-state index in [1.165, 1.54) is 4.57 Å². The molecule has 8 nitrogen and oxygen atoms in total. The van der Waals surface area contributed by atoms with Crippen LogP contribution in [-0.2, 0) is 11.3 Å².